The predicted octanol–water partition coefficient (Wildman–Crippen LogP) is 6.98. The lowest BCUT2D eigenvalue weighted by Crippen LogP contribution is -2.39. The van der Waals surface area contributed by atoms with Crippen molar-refractivity contribution in [2.24, 2.45) is 11.8 Å². The van der Waals surface area contributed by atoms with Gasteiger partial charge in [0.1, 0.15) is 0 Å². The third-order valence-corrected chi connectivity index (χ3v) is 9.30. The Hall–Kier alpha value is -1.40. The fraction of sp³-hybridized carbons (Fsp3) is 0.467. The minimum absolute atomic E-state index is 0.241. The van der Waals surface area contributed by atoms with Gasteiger partial charge in [0.15, 0.2) is 0 Å². The summed E-state index contributed by atoms with van der Waals surface area (Å²) < 4.78 is 0. The molecule has 3 heterocycles. The molecule has 0 aliphatic carbocycles. The molecule has 1 aromatic heterocycles. The second kappa shape index (κ2) is 12.4. The van der Waals surface area contributed by atoms with Gasteiger partial charge >= 0.3 is 0 Å². The number of hydrogen-bond acceptors (Lipinski definition) is 4. The van der Waals surface area contributed by atoms with Crippen LogP contribution < -0.4 is 0 Å². The van der Waals surface area contributed by atoms with Gasteiger partial charge in [-0.2, -0.15) is 11.3 Å². The van der Waals surface area contributed by atoms with Crippen LogP contribution in [0.1, 0.15) is 41.9 Å². The first-order valence-corrected chi connectivity index (χ1v) is 14.9. The summed E-state index contributed by atoms with van der Waals surface area (Å²) in [7, 11) is 0. The maximum atomic E-state index is 10.6. The van der Waals surface area contributed by atoms with Crippen LogP contribution in [0, 0.1) is 11.8 Å². The van der Waals surface area contributed by atoms with Gasteiger partial charge in [-0.15, -0.1) is 0 Å². The van der Waals surface area contributed by atoms with E-state index in [2.05, 4.69) is 57.0 Å². The third-order valence-electron chi connectivity index (χ3n) is 8.02. The normalized spacial score (nSPS) is 22.8. The van der Waals surface area contributed by atoms with E-state index < -0.39 is 0 Å². The Morgan fingerprint density at radius 1 is 0.972 bits per heavy atom. The zero-order chi connectivity index (χ0) is 24.9. The minimum Gasteiger partial charge on any atom is -0.393 e. The Kier molecular flexibility index (Phi) is 9.05. The number of likely N-dealkylation sites (tertiary alicyclic amines) is 2. The molecule has 0 bridgehead atoms. The van der Waals surface area contributed by atoms with E-state index in [1.165, 1.54) is 24.0 Å². The lowest BCUT2D eigenvalue weighted by atomic mass is 9.87. The Morgan fingerprint density at radius 3 is 2.50 bits per heavy atom. The molecule has 2 aliphatic heterocycles. The molecule has 192 valence electrons. The van der Waals surface area contributed by atoms with E-state index in [1.54, 1.807) is 11.3 Å². The molecule has 3 atom stereocenters. The molecule has 36 heavy (non-hydrogen) atoms. The SMILES string of the molecule is OC(Cc1ccccc1)CC1CCN(C[C@@H]2CN(Cc3ccc(Cl)cc3Cl)CC2c2ccsc2)CC1. The van der Waals surface area contributed by atoms with Gasteiger partial charge in [-0.25, -0.2) is 0 Å². The van der Waals surface area contributed by atoms with Crippen molar-refractivity contribution in [2.75, 3.05) is 32.7 Å². The molecule has 6 heteroatoms. The zero-order valence-corrected chi connectivity index (χ0v) is 23.1. The Bertz CT molecular complexity index is 1090. The van der Waals surface area contributed by atoms with Crippen molar-refractivity contribution in [1.82, 2.24) is 9.80 Å². The van der Waals surface area contributed by atoms with Crippen LogP contribution in [-0.2, 0) is 13.0 Å². The topological polar surface area (TPSA) is 26.7 Å². The number of piperidine rings is 1. The lowest BCUT2D eigenvalue weighted by Gasteiger charge is -2.35. The first-order valence-electron chi connectivity index (χ1n) is 13.2. The zero-order valence-electron chi connectivity index (χ0n) is 20.7. The second-order valence-corrected chi connectivity index (χ2v) is 12.3. The van der Waals surface area contributed by atoms with Gasteiger partial charge < -0.3 is 10.0 Å². The highest BCUT2D eigenvalue weighted by Gasteiger charge is 2.36. The van der Waals surface area contributed by atoms with Crippen LogP contribution in [0.4, 0.5) is 0 Å². The van der Waals surface area contributed by atoms with Crippen molar-refractivity contribution in [1.29, 1.82) is 0 Å². The molecular formula is C30H36Cl2N2OS. The molecule has 0 amide bonds. The molecular weight excluding hydrogens is 507 g/mol. The number of aliphatic hydroxyl groups excluding tert-OH is 1. The van der Waals surface area contributed by atoms with Crippen LogP contribution in [0.15, 0.2) is 65.4 Å². The fourth-order valence-electron chi connectivity index (χ4n) is 6.12. The molecule has 2 aliphatic rings. The number of halogens is 2. The number of rotatable bonds is 9. The second-order valence-electron chi connectivity index (χ2n) is 10.7. The highest BCUT2D eigenvalue weighted by Crippen LogP contribution is 2.37. The first-order chi connectivity index (χ1) is 17.5. The van der Waals surface area contributed by atoms with Gasteiger partial charge in [0.2, 0.25) is 0 Å². The molecule has 0 spiro atoms. The summed E-state index contributed by atoms with van der Waals surface area (Å²) in [5, 5.41) is 16.6. The smallest absolute Gasteiger partial charge is 0.0583 e. The molecule has 2 fully saturated rings. The van der Waals surface area contributed by atoms with Gasteiger partial charge in [-0.3, -0.25) is 4.90 Å². The molecule has 5 rings (SSSR count). The number of hydrogen-bond donors (Lipinski definition) is 1. The highest BCUT2D eigenvalue weighted by molar-refractivity contribution is 7.08. The van der Waals surface area contributed by atoms with Crippen molar-refractivity contribution in [3.63, 3.8) is 0 Å². The van der Waals surface area contributed by atoms with Crippen molar-refractivity contribution in [3.05, 3.63) is 92.1 Å². The first kappa shape index (κ1) is 26.2. The molecule has 0 radical (unpaired) electrons. The average Bonchev–Trinajstić information content (AvgIpc) is 3.53. The molecule has 3 nitrogen and oxygen atoms in total. The molecule has 2 aromatic carbocycles. The monoisotopic (exact) mass is 542 g/mol. The Labute approximate surface area is 229 Å². The van der Waals surface area contributed by atoms with Crippen LogP contribution in [0.2, 0.25) is 10.0 Å². The summed E-state index contributed by atoms with van der Waals surface area (Å²) >= 11 is 14.4. The minimum atomic E-state index is -0.241. The molecule has 2 unspecified atom stereocenters. The largest absolute Gasteiger partial charge is 0.393 e. The summed E-state index contributed by atoms with van der Waals surface area (Å²) in [6, 6.07) is 18.5. The molecule has 0 saturated carbocycles. The number of benzene rings is 2. The fourth-order valence-corrected chi connectivity index (χ4v) is 7.31. The van der Waals surface area contributed by atoms with E-state index in [0.717, 1.165) is 62.7 Å². The van der Waals surface area contributed by atoms with E-state index in [1.807, 2.05) is 18.2 Å². The van der Waals surface area contributed by atoms with Crippen molar-refractivity contribution in [2.45, 2.75) is 44.2 Å². The van der Waals surface area contributed by atoms with Crippen LogP contribution in [0.5, 0.6) is 0 Å². The van der Waals surface area contributed by atoms with Gasteiger partial charge in [-0.1, -0.05) is 59.6 Å². The molecule has 2 saturated heterocycles. The third kappa shape index (κ3) is 6.92. The maximum Gasteiger partial charge on any atom is 0.0583 e. The highest BCUT2D eigenvalue weighted by atomic mass is 35.5. The van der Waals surface area contributed by atoms with Crippen LogP contribution >= 0.6 is 34.5 Å². The summed E-state index contributed by atoms with van der Waals surface area (Å²) in [5.74, 6) is 1.80. The standard InChI is InChI=1S/C30H36Cl2N2OS/c31-27-7-6-24(30(32)16-27)17-34-19-26(29(20-34)25-10-13-36-21-25)18-33-11-8-23(9-12-33)15-28(35)14-22-4-2-1-3-5-22/h1-7,10,13,16,21,23,26,28-29,35H,8-9,11-12,14-15,17-20H2/t26-,28?,29?/m1/s1. The molecule has 3 aromatic rings. The van der Waals surface area contributed by atoms with E-state index >= 15 is 0 Å². The van der Waals surface area contributed by atoms with E-state index in [4.69, 9.17) is 23.2 Å². The van der Waals surface area contributed by atoms with Crippen LogP contribution in [-0.4, -0.2) is 53.7 Å². The quantitative estimate of drug-likeness (QED) is 0.316. The van der Waals surface area contributed by atoms with E-state index in [-0.39, 0.29) is 6.10 Å². The summed E-state index contributed by atoms with van der Waals surface area (Å²) in [4.78, 5) is 5.23. The van der Waals surface area contributed by atoms with Crippen molar-refractivity contribution < 1.29 is 5.11 Å². The van der Waals surface area contributed by atoms with Gasteiger partial charge in [0.05, 0.1) is 6.10 Å². The lowest BCUT2D eigenvalue weighted by molar-refractivity contribution is 0.101. The summed E-state index contributed by atoms with van der Waals surface area (Å²) in [6.07, 6.45) is 3.81. The van der Waals surface area contributed by atoms with Crippen LogP contribution in [0.3, 0.4) is 0 Å². The van der Waals surface area contributed by atoms with Crippen molar-refractivity contribution >= 4 is 34.5 Å². The van der Waals surface area contributed by atoms with E-state index in [9.17, 15) is 5.11 Å². The average molecular weight is 544 g/mol. The summed E-state index contributed by atoms with van der Waals surface area (Å²) in [6.45, 7) is 6.45. The summed E-state index contributed by atoms with van der Waals surface area (Å²) in [5.41, 5.74) is 3.86. The Balaban J connectivity index is 1.14. The van der Waals surface area contributed by atoms with Gasteiger partial charge in [-0.05, 0) is 96.3 Å². The van der Waals surface area contributed by atoms with Crippen LogP contribution in [0.25, 0.3) is 0 Å². The van der Waals surface area contributed by atoms with Crippen molar-refractivity contribution in [3.8, 4) is 0 Å². The Morgan fingerprint density at radius 2 is 1.78 bits per heavy atom. The predicted molar refractivity (Wildman–Crippen MR) is 152 cm³/mol. The molecule has 1 N–H and O–H groups in total. The van der Waals surface area contributed by atoms with Gasteiger partial charge in [0.25, 0.3) is 0 Å². The van der Waals surface area contributed by atoms with E-state index in [0.29, 0.717) is 22.8 Å². The maximum absolute atomic E-state index is 10.6. The van der Waals surface area contributed by atoms with Gasteiger partial charge in [0, 0.05) is 42.1 Å². The number of thiophene rings is 1. The number of aliphatic hydroxyl groups is 1. The number of nitrogens with zero attached hydrogens (tertiary/aromatic N) is 2.